The van der Waals surface area contributed by atoms with E-state index in [1.807, 2.05) is 10.8 Å². The SMILES string of the molecule is CC(C)c1c[nH]c(=S)n1-c1ccc(F)cc1. The van der Waals surface area contributed by atoms with Crippen molar-refractivity contribution >= 4 is 12.2 Å². The highest BCUT2D eigenvalue weighted by molar-refractivity contribution is 7.71. The molecule has 4 heteroatoms. The van der Waals surface area contributed by atoms with Crippen molar-refractivity contribution in [1.29, 1.82) is 0 Å². The lowest BCUT2D eigenvalue weighted by Gasteiger charge is -2.10. The number of imidazole rings is 1. The molecule has 0 radical (unpaired) electrons. The lowest BCUT2D eigenvalue weighted by Crippen LogP contribution is -2.01. The predicted octanol–water partition coefficient (Wildman–Crippen LogP) is 3.80. The Hall–Kier alpha value is -1.42. The van der Waals surface area contributed by atoms with Crippen LogP contribution in [0.1, 0.15) is 25.5 Å². The van der Waals surface area contributed by atoms with Gasteiger partial charge >= 0.3 is 0 Å². The van der Waals surface area contributed by atoms with Gasteiger partial charge in [0, 0.05) is 17.6 Å². The van der Waals surface area contributed by atoms with Gasteiger partial charge < -0.3 is 4.98 Å². The number of rotatable bonds is 2. The van der Waals surface area contributed by atoms with Gasteiger partial charge in [-0.3, -0.25) is 4.57 Å². The van der Waals surface area contributed by atoms with Gasteiger partial charge in [-0.1, -0.05) is 13.8 Å². The zero-order valence-electron chi connectivity index (χ0n) is 9.20. The zero-order valence-corrected chi connectivity index (χ0v) is 10.0. The van der Waals surface area contributed by atoms with Crippen LogP contribution >= 0.6 is 12.2 Å². The molecule has 0 aliphatic rings. The van der Waals surface area contributed by atoms with Gasteiger partial charge in [0.1, 0.15) is 5.82 Å². The number of nitrogens with zero attached hydrogens (tertiary/aromatic N) is 1. The molecule has 84 valence electrons. The molecule has 1 heterocycles. The van der Waals surface area contributed by atoms with Gasteiger partial charge in [-0.25, -0.2) is 4.39 Å². The van der Waals surface area contributed by atoms with E-state index in [9.17, 15) is 4.39 Å². The third-order valence-corrected chi connectivity index (χ3v) is 2.78. The van der Waals surface area contributed by atoms with Crippen molar-refractivity contribution in [3.8, 4) is 5.69 Å². The average molecular weight is 236 g/mol. The number of nitrogens with one attached hydrogen (secondary N) is 1. The van der Waals surface area contributed by atoms with E-state index < -0.39 is 0 Å². The van der Waals surface area contributed by atoms with Crippen molar-refractivity contribution in [2.24, 2.45) is 0 Å². The smallest absolute Gasteiger partial charge is 0.182 e. The van der Waals surface area contributed by atoms with Crippen LogP contribution in [0.2, 0.25) is 0 Å². The molecule has 0 unspecified atom stereocenters. The third-order valence-electron chi connectivity index (χ3n) is 2.48. The van der Waals surface area contributed by atoms with E-state index in [1.165, 1.54) is 12.1 Å². The fraction of sp³-hybridized carbons (Fsp3) is 0.250. The number of benzene rings is 1. The zero-order chi connectivity index (χ0) is 11.7. The Morgan fingerprint density at radius 1 is 1.25 bits per heavy atom. The Labute approximate surface area is 98.7 Å². The summed E-state index contributed by atoms with van der Waals surface area (Å²) in [4.78, 5) is 3.02. The molecule has 0 aliphatic heterocycles. The van der Waals surface area contributed by atoms with E-state index in [4.69, 9.17) is 12.2 Å². The fourth-order valence-corrected chi connectivity index (χ4v) is 1.93. The maximum Gasteiger partial charge on any atom is 0.182 e. The normalized spacial score (nSPS) is 11.0. The van der Waals surface area contributed by atoms with Crippen LogP contribution in [0.25, 0.3) is 5.69 Å². The summed E-state index contributed by atoms with van der Waals surface area (Å²) >= 11 is 5.22. The van der Waals surface area contributed by atoms with Crippen LogP contribution in [-0.4, -0.2) is 9.55 Å². The molecule has 0 fully saturated rings. The van der Waals surface area contributed by atoms with E-state index in [0.29, 0.717) is 10.7 Å². The predicted molar refractivity (Wildman–Crippen MR) is 65.0 cm³/mol. The van der Waals surface area contributed by atoms with Crippen LogP contribution in [0.15, 0.2) is 30.5 Å². The molecule has 1 aromatic heterocycles. The largest absolute Gasteiger partial charge is 0.337 e. The molecule has 0 saturated heterocycles. The second-order valence-corrected chi connectivity index (χ2v) is 4.37. The summed E-state index contributed by atoms with van der Waals surface area (Å²) in [6.07, 6.45) is 1.90. The van der Waals surface area contributed by atoms with Crippen LogP contribution in [0.3, 0.4) is 0 Å². The summed E-state index contributed by atoms with van der Waals surface area (Å²) in [7, 11) is 0. The van der Waals surface area contributed by atoms with Crippen molar-refractivity contribution in [2.45, 2.75) is 19.8 Å². The standard InChI is InChI=1S/C12H13FN2S/c1-8(2)11-7-14-12(16)15(11)10-5-3-9(13)4-6-10/h3-8H,1-2H3,(H,14,16). The van der Waals surface area contributed by atoms with Crippen molar-refractivity contribution in [3.63, 3.8) is 0 Å². The number of aromatic nitrogens is 2. The molecule has 0 atom stereocenters. The van der Waals surface area contributed by atoms with E-state index in [1.54, 1.807) is 12.1 Å². The molecule has 1 aromatic carbocycles. The summed E-state index contributed by atoms with van der Waals surface area (Å²) in [5, 5.41) is 0. The molecule has 2 aromatic rings. The van der Waals surface area contributed by atoms with E-state index >= 15 is 0 Å². The first-order valence-corrected chi connectivity index (χ1v) is 5.56. The minimum Gasteiger partial charge on any atom is -0.337 e. The van der Waals surface area contributed by atoms with Gasteiger partial charge in [0.25, 0.3) is 0 Å². The minimum absolute atomic E-state index is 0.239. The molecule has 0 spiro atoms. The maximum absolute atomic E-state index is 12.8. The van der Waals surface area contributed by atoms with Crippen LogP contribution in [0.4, 0.5) is 4.39 Å². The van der Waals surface area contributed by atoms with Gasteiger partial charge in [-0.2, -0.15) is 0 Å². The second-order valence-electron chi connectivity index (χ2n) is 3.99. The first kappa shape index (κ1) is 11.1. The molecule has 0 aliphatic carbocycles. The first-order chi connectivity index (χ1) is 7.59. The van der Waals surface area contributed by atoms with E-state index in [2.05, 4.69) is 18.8 Å². The Morgan fingerprint density at radius 2 is 1.88 bits per heavy atom. The molecule has 16 heavy (non-hydrogen) atoms. The average Bonchev–Trinajstić information content (AvgIpc) is 2.62. The monoisotopic (exact) mass is 236 g/mol. The molecule has 2 nitrogen and oxygen atoms in total. The van der Waals surface area contributed by atoms with Crippen molar-refractivity contribution in [3.05, 3.63) is 46.7 Å². The summed E-state index contributed by atoms with van der Waals surface area (Å²) in [6.45, 7) is 4.19. The third kappa shape index (κ3) is 1.93. The Kier molecular flexibility index (Phi) is 2.92. The molecule has 0 amide bonds. The second kappa shape index (κ2) is 4.22. The van der Waals surface area contributed by atoms with Crippen LogP contribution < -0.4 is 0 Å². The summed E-state index contributed by atoms with van der Waals surface area (Å²) in [6, 6.07) is 6.33. The Morgan fingerprint density at radius 3 is 2.44 bits per heavy atom. The lowest BCUT2D eigenvalue weighted by molar-refractivity contribution is 0.627. The van der Waals surface area contributed by atoms with Crippen molar-refractivity contribution < 1.29 is 4.39 Å². The molecular weight excluding hydrogens is 223 g/mol. The lowest BCUT2D eigenvalue weighted by atomic mass is 10.1. The van der Waals surface area contributed by atoms with Gasteiger partial charge in [0.15, 0.2) is 4.77 Å². The van der Waals surface area contributed by atoms with Gasteiger partial charge in [-0.15, -0.1) is 0 Å². The number of hydrogen-bond acceptors (Lipinski definition) is 1. The quantitative estimate of drug-likeness (QED) is 0.787. The summed E-state index contributed by atoms with van der Waals surface area (Å²) < 4.78 is 15.4. The highest BCUT2D eigenvalue weighted by Gasteiger charge is 2.09. The highest BCUT2D eigenvalue weighted by atomic mass is 32.1. The Bertz CT molecular complexity index is 537. The van der Waals surface area contributed by atoms with E-state index in [0.717, 1.165) is 11.4 Å². The number of hydrogen-bond donors (Lipinski definition) is 1. The first-order valence-electron chi connectivity index (χ1n) is 5.16. The maximum atomic E-state index is 12.8. The van der Waals surface area contributed by atoms with Crippen molar-refractivity contribution in [2.75, 3.05) is 0 Å². The summed E-state index contributed by atoms with van der Waals surface area (Å²) in [5.74, 6) is 0.120. The molecule has 1 N–H and O–H groups in total. The molecule has 0 bridgehead atoms. The van der Waals surface area contributed by atoms with Crippen LogP contribution in [0, 0.1) is 10.6 Å². The van der Waals surface area contributed by atoms with E-state index in [-0.39, 0.29) is 5.82 Å². The highest BCUT2D eigenvalue weighted by Crippen LogP contribution is 2.19. The fourth-order valence-electron chi connectivity index (χ4n) is 1.66. The topological polar surface area (TPSA) is 20.7 Å². The number of halogens is 1. The summed E-state index contributed by atoms with van der Waals surface area (Å²) in [5.41, 5.74) is 1.98. The molecule has 0 saturated carbocycles. The molecular formula is C12H13FN2S. The number of H-pyrrole nitrogens is 1. The number of aromatic amines is 1. The van der Waals surface area contributed by atoms with Gasteiger partial charge in [0.2, 0.25) is 0 Å². The van der Waals surface area contributed by atoms with Gasteiger partial charge in [0.05, 0.1) is 0 Å². The molecule has 2 rings (SSSR count). The van der Waals surface area contributed by atoms with Gasteiger partial charge in [-0.05, 0) is 42.4 Å². The van der Waals surface area contributed by atoms with Crippen LogP contribution in [-0.2, 0) is 0 Å². The van der Waals surface area contributed by atoms with Crippen molar-refractivity contribution in [1.82, 2.24) is 9.55 Å². The van der Waals surface area contributed by atoms with Crippen LogP contribution in [0.5, 0.6) is 0 Å². The minimum atomic E-state index is -0.239. The Balaban J connectivity index is 2.59.